The molecule has 0 bridgehead atoms. The SMILES string of the molecule is COC(=O)c1ccnc(-c2cc(N=[N+]=[N-])c(C(=O)OC(C)C)cc2Br)c1. The van der Waals surface area contributed by atoms with Crippen molar-refractivity contribution < 1.29 is 19.1 Å². The van der Waals surface area contributed by atoms with Crippen LogP contribution in [0.25, 0.3) is 21.7 Å². The van der Waals surface area contributed by atoms with Gasteiger partial charge < -0.3 is 9.47 Å². The van der Waals surface area contributed by atoms with Crippen LogP contribution in [-0.2, 0) is 9.47 Å². The molecule has 0 aliphatic heterocycles. The number of esters is 2. The van der Waals surface area contributed by atoms with Crippen LogP contribution >= 0.6 is 15.9 Å². The van der Waals surface area contributed by atoms with Crippen LogP contribution in [0.5, 0.6) is 0 Å². The molecule has 9 heteroatoms. The normalized spacial score (nSPS) is 10.2. The van der Waals surface area contributed by atoms with E-state index in [9.17, 15) is 9.59 Å². The minimum Gasteiger partial charge on any atom is -0.465 e. The number of rotatable bonds is 5. The van der Waals surface area contributed by atoms with Gasteiger partial charge in [0.05, 0.1) is 35.7 Å². The van der Waals surface area contributed by atoms with E-state index < -0.39 is 11.9 Å². The Morgan fingerprint density at radius 2 is 2.00 bits per heavy atom. The van der Waals surface area contributed by atoms with E-state index >= 15 is 0 Å². The predicted molar refractivity (Wildman–Crippen MR) is 98.1 cm³/mol. The number of hydrogen-bond acceptors (Lipinski definition) is 6. The number of ether oxygens (including phenoxy) is 2. The van der Waals surface area contributed by atoms with E-state index in [1.54, 1.807) is 13.8 Å². The maximum atomic E-state index is 12.2. The molecular weight excluding hydrogens is 404 g/mol. The highest BCUT2D eigenvalue weighted by molar-refractivity contribution is 9.10. The minimum atomic E-state index is -0.606. The fourth-order valence-electron chi connectivity index (χ4n) is 2.15. The molecule has 0 aliphatic rings. The smallest absolute Gasteiger partial charge is 0.338 e. The Kier molecular flexibility index (Phi) is 6.32. The van der Waals surface area contributed by atoms with E-state index in [-0.39, 0.29) is 17.4 Å². The molecule has 0 fully saturated rings. The Bertz CT molecular complexity index is 908. The maximum Gasteiger partial charge on any atom is 0.338 e. The monoisotopic (exact) mass is 418 g/mol. The molecule has 26 heavy (non-hydrogen) atoms. The Morgan fingerprint density at radius 3 is 2.62 bits per heavy atom. The molecule has 1 heterocycles. The molecule has 0 radical (unpaired) electrons. The third-order valence-electron chi connectivity index (χ3n) is 3.26. The largest absolute Gasteiger partial charge is 0.465 e. The summed E-state index contributed by atoms with van der Waals surface area (Å²) in [6, 6.07) is 6.06. The minimum absolute atomic E-state index is 0.0987. The number of halogens is 1. The highest BCUT2D eigenvalue weighted by atomic mass is 79.9. The van der Waals surface area contributed by atoms with Gasteiger partial charge in [-0.05, 0) is 43.6 Å². The van der Waals surface area contributed by atoms with Crippen molar-refractivity contribution in [1.82, 2.24) is 4.98 Å². The van der Waals surface area contributed by atoms with Gasteiger partial charge in [-0.25, -0.2) is 9.59 Å². The maximum absolute atomic E-state index is 12.2. The van der Waals surface area contributed by atoms with Crippen molar-refractivity contribution >= 4 is 33.6 Å². The number of hydrogen-bond donors (Lipinski definition) is 0. The van der Waals surface area contributed by atoms with Gasteiger partial charge in [-0.3, -0.25) is 4.98 Å². The lowest BCUT2D eigenvalue weighted by molar-refractivity contribution is 0.0378. The molecule has 2 aromatic rings. The van der Waals surface area contributed by atoms with Gasteiger partial charge >= 0.3 is 11.9 Å². The summed E-state index contributed by atoms with van der Waals surface area (Å²) in [6.07, 6.45) is 1.14. The van der Waals surface area contributed by atoms with Crippen LogP contribution in [-0.4, -0.2) is 30.1 Å². The zero-order valence-electron chi connectivity index (χ0n) is 14.3. The molecule has 1 aromatic carbocycles. The second-order valence-corrected chi connectivity index (χ2v) is 6.27. The third kappa shape index (κ3) is 4.38. The van der Waals surface area contributed by atoms with Crippen LogP contribution in [0.15, 0.2) is 40.0 Å². The van der Waals surface area contributed by atoms with Crippen molar-refractivity contribution in [2.24, 2.45) is 5.11 Å². The summed E-state index contributed by atoms with van der Waals surface area (Å²) in [7, 11) is 1.28. The molecule has 0 atom stereocenters. The first-order valence-corrected chi connectivity index (χ1v) is 8.31. The molecule has 0 aliphatic carbocycles. The molecule has 1 aromatic heterocycles. The second-order valence-electron chi connectivity index (χ2n) is 5.41. The first-order chi connectivity index (χ1) is 12.4. The summed E-state index contributed by atoms with van der Waals surface area (Å²) in [4.78, 5) is 30.9. The fraction of sp³-hybridized carbons (Fsp3) is 0.235. The van der Waals surface area contributed by atoms with E-state index in [2.05, 4.69) is 30.9 Å². The van der Waals surface area contributed by atoms with Gasteiger partial charge in [0.2, 0.25) is 0 Å². The molecule has 134 valence electrons. The Hall–Kier alpha value is -2.90. The average Bonchev–Trinajstić information content (AvgIpc) is 2.61. The van der Waals surface area contributed by atoms with Gasteiger partial charge in [0, 0.05) is 21.1 Å². The molecule has 0 saturated heterocycles. The highest BCUT2D eigenvalue weighted by Gasteiger charge is 2.18. The fourth-order valence-corrected chi connectivity index (χ4v) is 2.70. The molecule has 0 amide bonds. The van der Waals surface area contributed by atoms with Crippen molar-refractivity contribution in [3.8, 4) is 11.3 Å². The first kappa shape index (κ1) is 19.4. The van der Waals surface area contributed by atoms with Crippen LogP contribution in [0, 0.1) is 0 Å². The summed E-state index contributed by atoms with van der Waals surface area (Å²) in [6.45, 7) is 3.44. The average molecular weight is 419 g/mol. The van der Waals surface area contributed by atoms with Crippen molar-refractivity contribution in [2.45, 2.75) is 20.0 Å². The topological polar surface area (TPSA) is 114 Å². The number of benzene rings is 1. The number of nitrogens with zero attached hydrogens (tertiary/aromatic N) is 4. The molecule has 8 nitrogen and oxygen atoms in total. The van der Waals surface area contributed by atoms with E-state index in [1.807, 2.05) is 0 Å². The van der Waals surface area contributed by atoms with Crippen LogP contribution in [0.4, 0.5) is 5.69 Å². The van der Waals surface area contributed by atoms with Crippen LogP contribution in [0.3, 0.4) is 0 Å². The number of methoxy groups -OCH3 is 1. The summed E-state index contributed by atoms with van der Waals surface area (Å²) in [5.74, 6) is -1.11. The lowest BCUT2D eigenvalue weighted by atomic mass is 10.0. The van der Waals surface area contributed by atoms with E-state index in [0.717, 1.165) is 0 Å². The lowest BCUT2D eigenvalue weighted by Crippen LogP contribution is -2.12. The van der Waals surface area contributed by atoms with Gasteiger partial charge in [-0.15, -0.1) is 0 Å². The van der Waals surface area contributed by atoms with Gasteiger partial charge in [0.25, 0.3) is 0 Å². The van der Waals surface area contributed by atoms with Gasteiger partial charge in [0.15, 0.2) is 0 Å². The quantitative estimate of drug-likeness (QED) is 0.299. The molecule has 0 N–H and O–H groups in total. The number of aromatic nitrogens is 1. The van der Waals surface area contributed by atoms with E-state index in [4.69, 9.17) is 15.0 Å². The Labute approximate surface area is 157 Å². The zero-order valence-corrected chi connectivity index (χ0v) is 15.8. The van der Waals surface area contributed by atoms with Crippen molar-refractivity contribution in [1.29, 1.82) is 0 Å². The second kappa shape index (κ2) is 8.46. The van der Waals surface area contributed by atoms with Gasteiger partial charge in [0.1, 0.15) is 0 Å². The number of pyridine rings is 1. The number of carbonyl (C=O) groups excluding carboxylic acids is 2. The van der Waals surface area contributed by atoms with E-state index in [1.165, 1.54) is 37.6 Å². The van der Waals surface area contributed by atoms with Gasteiger partial charge in [-0.1, -0.05) is 21.0 Å². The highest BCUT2D eigenvalue weighted by Crippen LogP contribution is 2.35. The predicted octanol–water partition coefficient (Wildman–Crippen LogP) is 4.80. The summed E-state index contributed by atoms with van der Waals surface area (Å²) in [5, 5.41) is 3.58. The summed E-state index contributed by atoms with van der Waals surface area (Å²) < 4.78 is 10.4. The first-order valence-electron chi connectivity index (χ1n) is 7.51. The Morgan fingerprint density at radius 1 is 1.27 bits per heavy atom. The third-order valence-corrected chi connectivity index (χ3v) is 3.91. The van der Waals surface area contributed by atoms with Crippen molar-refractivity contribution in [3.05, 3.63) is 56.5 Å². The molecular formula is C17H15BrN4O4. The van der Waals surface area contributed by atoms with Crippen LogP contribution in [0.2, 0.25) is 0 Å². The Balaban J connectivity index is 2.58. The zero-order chi connectivity index (χ0) is 19.3. The van der Waals surface area contributed by atoms with Crippen LogP contribution in [0.1, 0.15) is 34.6 Å². The standard InChI is InChI=1S/C17H15BrN4O4/c1-9(2)26-17(24)12-7-13(18)11(8-15(12)21-22-19)14-6-10(4-5-20-14)16(23)25-3/h4-9H,1-3H3. The van der Waals surface area contributed by atoms with Gasteiger partial charge in [-0.2, -0.15) is 0 Å². The van der Waals surface area contributed by atoms with Crippen molar-refractivity contribution in [3.63, 3.8) is 0 Å². The van der Waals surface area contributed by atoms with Crippen molar-refractivity contribution in [2.75, 3.05) is 7.11 Å². The number of carbonyl (C=O) groups is 2. The lowest BCUT2D eigenvalue weighted by Gasteiger charge is -2.12. The van der Waals surface area contributed by atoms with E-state index in [0.29, 0.717) is 21.3 Å². The summed E-state index contributed by atoms with van der Waals surface area (Å²) >= 11 is 3.38. The van der Waals surface area contributed by atoms with Crippen LogP contribution < -0.4 is 0 Å². The molecule has 2 rings (SSSR count). The number of azide groups is 1. The summed E-state index contributed by atoms with van der Waals surface area (Å²) in [5.41, 5.74) is 10.3. The molecule has 0 saturated carbocycles. The molecule has 0 spiro atoms. The molecule has 0 unspecified atom stereocenters.